The minimum atomic E-state index is -0.514. The molecule has 0 fully saturated rings. The molecule has 0 aliphatic carbocycles. The molecule has 2 rings (SSSR count). The fourth-order valence-corrected chi connectivity index (χ4v) is 2.91. The Bertz CT molecular complexity index is 515. The summed E-state index contributed by atoms with van der Waals surface area (Å²) in [5.41, 5.74) is 2.05. The van der Waals surface area contributed by atoms with Gasteiger partial charge < -0.3 is 10.4 Å². The second kappa shape index (κ2) is 6.36. The van der Waals surface area contributed by atoms with E-state index in [-0.39, 0.29) is 5.88 Å². The molecule has 2 aromatic rings. The Hall–Kier alpha value is -0.840. The van der Waals surface area contributed by atoms with Crippen LogP contribution in [-0.2, 0) is 6.42 Å². The zero-order valence-electron chi connectivity index (χ0n) is 10.3. The number of rotatable bonds is 6. The molecule has 1 unspecified atom stereocenters. The monoisotopic (exact) mass is 284 g/mol. The number of aliphatic hydroxyl groups excluding tert-OH is 1. The second-order valence-corrected chi connectivity index (χ2v) is 5.65. The third kappa shape index (κ3) is 3.34. The SMILES string of the molecule is CCCc1nc2ccc(NCC(O)CCl)cc2s1. The minimum Gasteiger partial charge on any atom is -0.390 e. The molecule has 18 heavy (non-hydrogen) atoms. The number of aryl methyl sites for hydroxylation is 1. The predicted octanol–water partition coefficient (Wildman–Crippen LogP) is 3.26. The van der Waals surface area contributed by atoms with Gasteiger partial charge in [0, 0.05) is 12.2 Å². The average Bonchev–Trinajstić information content (AvgIpc) is 2.77. The van der Waals surface area contributed by atoms with Crippen molar-refractivity contribution in [2.45, 2.75) is 25.9 Å². The lowest BCUT2D eigenvalue weighted by molar-refractivity contribution is 0.211. The molecule has 0 amide bonds. The molecule has 1 heterocycles. The highest BCUT2D eigenvalue weighted by Crippen LogP contribution is 2.26. The van der Waals surface area contributed by atoms with Crippen LogP contribution in [-0.4, -0.2) is 28.6 Å². The number of alkyl halides is 1. The van der Waals surface area contributed by atoms with Gasteiger partial charge in [0.25, 0.3) is 0 Å². The Balaban J connectivity index is 2.11. The lowest BCUT2D eigenvalue weighted by atomic mass is 10.3. The molecule has 0 bridgehead atoms. The van der Waals surface area contributed by atoms with Crippen LogP contribution in [0.15, 0.2) is 18.2 Å². The van der Waals surface area contributed by atoms with Crippen LogP contribution in [0, 0.1) is 0 Å². The van der Waals surface area contributed by atoms with E-state index >= 15 is 0 Å². The van der Waals surface area contributed by atoms with Gasteiger partial charge in [-0.05, 0) is 31.0 Å². The Morgan fingerprint density at radius 2 is 2.33 bits per heavy atom. The minimum absolute atomic E-state index is 0.246. The maximum absolute atomic E-state index is 9.40. The molecular weight excluding hydrogens is 268 g/mol. The third-order valence-electron chi connectivity index (χ3n) is 2.62. The molecule has 3 nitrogen and oxygen atoms in total. The van der Waals surface area contributed by atoms with Crippen molar-refractivity contribution in [1.82, 2.24) is 4.98 Å². The lowest BCUT2D eigenvalue weighted by Crippen LogP contribution is -2.20. The van der Waals surface area contributed by atoms with E-state index in [2.05, 4.69) is 23.3 Å². The second-order valence-electron chi connectivity index (χ2n) is 4.23. The number of aromatic nitrogens is 1. The van der Waals surface area contributed by atoms with Crippen LogP contribution in [0.5, 0.6) is 0 Å². The van der Waals surface area contributed by atoms with Gasteiger partial charge in [0.15, 0.2) is 0 Å². The number of halogens is 1. The van der Waals surface area contributed by atoms with Gasteiger partial charge in [0.2, 0.25) is 0 Å². The Labute approximate surface area is 116 Å². The molecule has 2 N–H and O–H groups in total. The van der Waals surface area contributed by atoms with Crippen LogP contribution >= 0.6 is 22.9 Å². The van der Waals surface area contributed by atoms with Gasteiger partial charge in [-0.2, -0.15) is 0 Å². The summed E-state index contributed by atoms with van der Waals surface area (Å²) in [5.74, 6) is 0.246. The maximum Gasteiger partial charge on any atom is 0.0938 e. The zero-order chi connectivity index (χ0) is 13.0. The van der Waals surface area contributed by atoms with Gasteiger partial charge >= 0.3 is 0 Å². The van der Waals surface area contributed by atoms with Crippen molar-refractivity contribution in [2.75, 3.05) is 17.7 Å². The molecule has 0 saturated heterocycles. The van der Waals surface area contributed by atoms with E-state index in [1.807, 2.05) is 12.1 Å². The summed E-state index contributed by atoms with van der Waals surface area (Å²) < 4.78 is 1.18. The van der Waals surface area contributed by atoms with Crippen LogP contribution in [0.3, 0.4) is 0 Å². The van der Waals surface area contributed by atoms with Crippen LogP contribution in [0.4, 0.5) is 5.69 Å². The van der Waals surface area contributed by atoms with Crippen molar-refractivity contribution in [3.8, 4) is 0 Å². The van der Waals surface area contributed by atoms with E-state index in [1.54, 1.807) is 11.3 Å². The first-order valence-electron chi connectivity index (χ1n) is 6.10. The Kier molecular flexibility index (Phi) is 4.80. The number of nitrogens with zero attached hydrogens (tertiary/aromatic N) is 1. The number of thiazole rings is 1. The molecule has 1 aromatic carbocycles. The predicted molar refractivity (Wildman–Crippen MR) is 78.8 cm³/mol. The summed E-state index contributed by atoms with van der Waals surface area (Å²) in [6.07, 6.45) is 1.64. The summed E-state index contributed by atoms with van der Waals surface area (Å²) in [7, 11) is 0. The quantitative estimate of drug-likeness (QED) is 0.801. The molecule has 1 aromatic heterocycles. The summed E-state index contributed by atoms with van der Waals surface area (Å²) in [6.45, 7) is 2.63. The normalized spacial score (nSPS) is 12.8. The van der Waals surface area contributed by atoms with E-state index in [9.17, 15) is 5.11 Å². The van der Waals surface area contributed by atoms with E-state index in [0.29, 0.717) is 6.54 Å². The van der Waals surface area contributed by atoms with Crippen LogP contribution in [0.2, 0.25) is 0 Å². The van der Waals surface area contributed by atoms with Crippen molar-refractivity contribution in [1.29, 1.82) is 0 Å². The number of anilines is 1. The van der Waals surface area contributed by atoms with Gasteiger partial charge in [-0.1, -0.05) is 6.92 Å². The van der Waals surface area contributed by atoms with Crippen LogP contribution < -0.4 is 5.32 Å². The molecule has 0 aliphatic heterocycles. The number of hydrogen-bond acceptors (Lipinski definition) is 4. The first kappa shape index (κ1) is 13.6. The third-order valence-corrected chi connectivity index (χ3v) is 4.05. The summed E-state index contributed by atoms with van der Waals surface area (Å²) >= 11 is 7.29. The van der Waals surface area contributed by atoms with Crippen molar-refractivity contribution in [3.05, 3.63) is 23.2 Å². The van der Waals surface area contributed by atoms with Gasteiger partial charge in [0.1, 0.15) is 0 Å². The zero-order valence-corrected chi connectivity index (χ0v) is 11.9. The summed E-state index contributed by atoms with van der Waals surface area (Å²) in [5, 5.41) is 13.8. The van der Waals surface area contributed by atoms with Gasteiger partial charge in [0.05, 0.1) is 27.2 Å². The largest absolute Gasteiger partial charge is 0.390 e. The highest BCUT2D eigenvalue weighted by molar-refractivity contribution is 7.18. The first-order chi connectivity index (χ1) is 8.72. The standard InChI is InChI=1S/C13H17ClN2OS/c1-2-3-13-16-11-5-4-9(6-12(11)18-13)15-8-10(17)7-14/h4-6,10,15,17H,2-3,7-8H2,1H3. The smallest absolute Gasteiger partial charge is 0.0938 e. The van der Waals surface area contributed by atoms with Crippen molar-refractivity contribution < 1.29 is 5.11 Å². The van der Waals surface area contributed by atoms with Gasteiger partial charge in [-0.15, -0.1) is 22.9 Å². The molecule has 5 heteroatoms. The molecule has 0 saturated carbocycles. The van der Waals surface area contributed by atoms with E-state index in [1.165, 1.54) is 9.71 Å². The number of nitrogens with one attached hydrogen (secondary N) is 1. The highest BCUT2D eigenvalue weighted by atomic mass is 35.5. The van der Waals surface area contributed by atoms with E-state index in [4.69, 9.17) is 11.6 Å². The molecular formula is C13H17ClN2OS. The summed E-state index contributed by atoms with van der Waals surface area (Å²) in [4.78, 5) is 4.58. The Morgan fingerprint density at radius 1 is 1.50 bits per heavy atom. The fraction of sp³-hybridized carbons (Fsp3) is 0.462. The van der Waals surface area contributed by atoms with Crippen molar-refractivity contribution in [3.63, 3.8) is 0 Å². The number of aliphatic hydroxyl groups is 1. The number of hydrogen-bond donors (Lipinski definition) is 2. The van der Waals surface area contributed by atoms with E-state index < -0.39 is 6.10 Å². The van der Waals surface area contributed by atoms with E-state index in [0.717, 1.165) is 24.0 Å². The average molecular weight is 285 g/mol. The van der Waals surface area contributed by atoms with Gasteiger partial charge in [-0.3, -0.25) is 0 Å². The molecule has 0 spiro atoms. The maximum atomic E-state index is 9.40. The summed E-state index contributed by atoms with van der Waals surface area (Å²) in [6, 6.07) is 6.08. The first-order valence-corrected chi connectivity index (χ1v) is 7.45. The molecule has 1 atom stereocenters. The lowest BCUT2D eigenvalue weighted by Gasteiger charge is -2.09. The van der Waals surface area contributed by atoms with Crippen LogP contribution in [0.25, 0.3) is 10.2 Å². The van der Waals surface area contributed by atoms with Crippen LogP contribution in [0.1, 0.15) is 18.4 Å². The van der Waals surface area contributed by atoms with Gasteiger partial charge in [-0.25, -0.2) is 4.98 Å². The Morgan fingerprint density at radius 3 is 3.06 bits per heavy atom. The number of benzene rings is 1. The fourth-order valence-electron chi connectivity index (χ4n) is 1.69. The number of fused-ring (bicyclic) bond motifs is 1. The highest BCUT2D eigenvalue weighted by Gasteiger charge is 2.05. The molecule has 0 radical (unpaired) electrons. The van der Waals surface area contributed by atoms with Crippen molar-refractivity contribution in [2.24, 2.45) is 0 Å². The van der Waals surface area contributed by atoms with Crippen molar-refractivity contribution >= 4 is 38.8 Å². The molecule has 98 valence electrons. The molecule has 0 aliphatic rings. The topological polar surface area (TPSA) is 45.2 Å².